The molecule has 3 aromatic rings. The Balaban J connectivity index is 0.000000273. The zero-order valence-corrected chi connectivity index (χ0v) is 16.1. The SMILES string of the molecule is C=CCS(=O)(=O)N(c1ccccc1)c1ccccc1.Cc1ccccc1N. The Labute approximate surface area is 161 Å². The van der Waals surface area contributed by atoms with Crippen molar-refractivity contribution in [3.63, 3.8) is 0 Å². The molecule has 0 aliphatic carbocycles. The van der Waals surface area contributed by atoms with Gasteiger partial charge in [0.2, 0.25) is 10.0 Å². The molecule has 0 unspecified atom stereocenters. The number of sulfonamides is 1. The highest BCUT2D eigenvalue weighted by Crippen LogP contribution is 2.28. The molecule has 0 fully saturated rings. The van der Waals surface area contributed by atoms with Crippen molar-refractivity contribution in [1.82, 2.24) is 0 Å². The topological polar surface area (TPSA) is 63.4 Å². The standard InChI is InChI=1S/C15H15NO2S.C7H9N/c1-2-13-19(17,18)16(14-9-5-3-6-10-14)15-11-7-4-8-12-15;1-6-4-2-3-5-7(6)8/h2-12H,1,13H2;2-5H,8H2,1H3. The van der Waals surface area contributed by atoms with Crippen LogP contribution in [0.5, 0.6) is 0 Å². The molecule has 0 aromatic heterocycles. The molecule has 0 amide bonds. The van der Waals surface area contributed by atoms with Crippen LogP contribution in [0.4, 0.5) is 17.1 Å². The van der Waals surface area contributed by atoms with Crippen LogP contribution in [0.1, 0.15) is 5.56 Å². The largest absolute Gasteiger partial charge is 0.399 e. The number of anilines is 3. The van der Waals surface area contributed by atoms with Gasteiger partial charge in [-0.1, -0.05) is 60.7 Å². The Morgan fingerprint density at radius 2 is 1.30 bits per heavy atom. The first kappa shape index (κ1) is 20.3. The van der Waals surface area contributed by atoms with Crippen molar-refractivity contribution in [2.75, 3.05) is 15.8 Å². The summed E-state index contributed by atoms with van der Waals surface area (Å²) in [7, 11) is -3.46. The summed E-state index contributed by atoms with van der Waals surface area (Å²) < 4.78 is 26.1. The first-order valence-electron chi connectivity index (χ1n) is 8.51. The molecule has 0 spiro atoms. The minimum atomic E-state index is -3.46. The molecule has 0 aliphatic heterocycles. The van der Waals surface area contributed by atoms with Gasteiger partial charge >= 0.3 is 0 Å². The molecule has 2 N–H and O–H groups in total. The first-order chi connectivity index (χ1) is 13.0. The highest BCUT2D eigenvalue weighted by molar-refractivity contribution is 7.93. The number of nitrogen functional groups attached to an aromatic ring is 1. The first-order valence-corrected chi connectivity index (χ1v) is 10.1. The number of para-hydroxylation sites is 3. The molecular formula is C22H24N2O2S. The lowest BCUT2D eigenvalue weighted by Gasteiger charge is -2.23. The third kappa shape index (κ3) is 5.72. The fourth-order valence-corrected chi connectivity index (χ4v) is 3.74. The van der Waals surface area contributed by atoms with Gasteiger partial charge in [-0.2, -0.15) is 0 Å². The number of nitrogens with two attached hydrogens (primary N) is 1. The Bertz CT molecular complexity index is 895. The summed E-state index contributed by atoms with van der Waals surface area (Å²) in [5.41, 5.74) is 8.78. The van der Waals surface area contributed by atoms with Crippen LogP contribution in [0.3, 0.4) is 0 Å². The Morgan fingerprint density at radius 3 is 1.67 bits per heavy atom. The second-order valence-corrected chi connectivity index (χ2v) is 7.72. The van der Waals surface area contributed by atoms with Gasteiger partial charge in [0, 0.05) is 5.69 Å². The Kier molecular flexibility index (Phi) is 7.20. The van der Waals surface area contributed by atoms with Crippen LogP contribution in [0.25, 0.3) is 0 Å². The molecule has 4 nitrogen and oxygen atoms in total. The molecule has 140 valence electrons. The van der Waals surface area contributed by atoms with E-state index in [4.69, 9.17) is 5.73 Å². The van der Waals surface area contributed by atoms with Crippen molar-refractivity contribution in [2.45, 2.75) is 6.92 Å². The fraction of sp³-hybridized carbons (Fsp3) is 0.0909. The van der Waals surface area contributed by atoms with E-state index in [9.17, 15) is 8.42 Å². The van der Waals surface area contributed by atoms with Gasteiger partial charge in [0.05, 0.1) is 17.1 Å². The highest BCUT2D eigenvalue weighted by atomic mass is 32.2. The number of hydrogen-bond acceptors (Lipinski definition) is 3. The Morgan fingerprint density at radius 1 is 0.852 bits per heavy atom. The molecule has 5 heteroatoms. The van der Waals surface area contributed by atoms with Crippen LogP contribution in [0.2, 0.25) is 0 Å². The molecule has 0 saturated heterocycles. The highest BCUT2D eigenvalue weighted by Gasteiger charge is 2.22. The maximum absolute atomic E-state index is 12.4. The lowest BCUT2D eigenvalue weighted by molar-refractivity contribution is 0.599. The van der Waals surface area contributed by atoms with Crippen molar-refractivity contribution in [3.05, 3.63) is 103 Å². The maximum atomic E-state index is 12.4. The van der Waals surface area contributed by atoms with Gasteiger partial charge in [-0.25, -0.2) is 12.7 Å². The molecule has 3 aromatic carbocycles. The number of aryl methyl sites for hydroxylation is 1. The lowest BCUT2D eigenvalue weighted by atomic mass is 10.2. The maximum Gasteiger partial charge on any atom is 0.243 e. The van der Waals surface area contributed by atoms with Crippen LogP contribution in [-0.4, -0.2) is 14.2 Å². The minimum Gasteiger partial charge on any atom is -0.399 e. The van der Waals surface area contributed by atoms with E-state index in [-0.39, 0.29) is 5.75 Å². The van der Waals surface area contributed by atoms with E-state index in [0.717, 1.165) is 11.3 Å². The minimum absolute atomic E-state index is 0.100. The van der Waals surface area contributed by atoms with Gasteiger partial charge in [0.25, 0.3) is 0 Å². The predicted octanol–water partition coefficient (Wildman–Crippen LogP) is 4.92. The summed E-state index contributed by atoms with van der Waals surface area (Å²) in [6.07, 6.45) is 1.40. The smallest absolute Gasteiger partial charge is 0.243 e. The monoisotopic (exact) mass is 380 g/mol. The second kappa shape index (κ2) is 9.59. The number of hydrogen-bond donors (Lipinski definition) is 1. The molecule has 0 atom stereocenters. The molecule has 0 bridgehead atoms. The summed E-state index contributed by atoms with van der Waals surface area (Å²) >= 11 is 0. The van der Waals surface area contributed by atoms with Gasteiger partial charge < -0.3 is 5.73 Å². The number of benzene rings is 3. The molecule has 3 rings (SSSR count). The van der Waals surface area contributed by atoms with Gasteiger partial charge in [-0.05, 0) is 42.8 Å². The fourth-order valence-electron chi connectivity index (χ4n) is 2.41. The molecule has 0 aliphatic rings. The summed E-state index contributed by atoms with van der Waals surface area (Å²) in [5, 5.41) is 0. The molecule has 0 saturated carbocycles. The van der Waals surface area contributed by atoms with Gasteiger partial charge in [-0.3, -0.25) is 0 Å². The number of rotatable bonds is 5. The molecule has 27 heavy (non-hydrogen) atoms. The third-order valence-corrected chi connectivity index (χ3v) is 5.41. The third-order valence-electron chi connectivity index (χ3n) is 3.78. The van der Waals surface area contributed by atoms with Crippen LogP contribution >= 0.6 is 0 Å². The van der Waals surface area contributed by atoms with E-state index in [1.165, 1.54) is 10.4 Å². The van der Waals surface area contributed by atoms with Crippen molar-refractivity contribution in [3.8, 4) is 0 Å². The van der Waals surface area contributed by atoms with Crippen LogP contribution < -0.4 is 10.0 Å². The predicted molar refractivity (Wildman–Crippen MR) is 115 cm³/mol. The van der Waals surface area contributed by atoms with Crippen molar-refractivity contribution < 1.29 is 8.42 Å². The summed E-state index contributed by atoms with van der Waals surface area (Å²) in [6.45, 7) is 5.51. The molecule has 0 radical (unpaired) electrons. The Hall–Kier alpha value is -3.05. The lowest BCUT2D eigenvalue weighted by Crippen LogP contribution is -2.27. The van der Waals surface area contributed by atoms with Crippen molar-refractivity contribution >= 4 is 27.1 Å². The normalized spacial score (nSPS) is 10.4. The quantitative estimate of drug-likeness (QED) is 0.505. The zero-order chi connectivity index (χ0) is 19.7. The van der Waals surface area contributed by atoms with Gasteiger partial charge in [0.15, 0.2) is 0 Å². The summed E-state index contributed by atoms with van der Waals surface area (Å²) in [4.78, 5) is 0. The molecular weight excluding hydrogens is 356 g/mol. The zero-order valence-electron chi connectivity index (χ0n) is 15.3. The number of nitrogens with zero attached hydrogens (tertiary/aromatic N) is 1. The van der Waals surface area contributed by atoms with Crippen LogP contribution in [0.15, 0.2) is 97.6 Å². The summed E-state index contributed by atoms with van der Waals surface area (Å²) in [6, 6.07) is 25.9. The van der Waals surface area contributed by atoms with E-state index >= 15 is 0 Å². The van der Waals surface area contributed by atoms with Gasteiger partial charge in [-0.15, -0.1) is 6.58 Å². The van der Waals surface area contributed by atoms with E-state index in [2.05, 4.69) is 6.58 Å². The van der Waals surface area contributed by atoms with E-state index in [0.29, 0.717) is 11.4 Å². The van der Waals surface area contributed by atoms with Crippen molar-refractivity contribution in [1.29, 1.82) is 0 Å². The van der Waals surface area contributed by atoms with Gasteiger partial charge in [0.1, 0.15) is 0 Å². The molecule has 0 heterocycles. The van der Waals surface area contributed by atoms with Crippen molar-refractivity contribution in [2.24, 2.45) is 0 Å². The average molecular weight is 381 g/mol. The summed E-state index contributed by atoms with van der Waals surface area (Å²) in [5.74, 6) is -0.100. The van der Waals surface area contributed by atoms with E-state index in [1.54, 1.807) is 24.3 Å². The second-order valence-electron chi connectivity index (χ2n) is 5.86. The van der Waals surface area contributed by atoms with Crippen LogP contribution in [-0.2, 0) is 10.0 Å². The van der Waals surface area contributed by atoms with E-state index in [1.807, 2.05) is 67.6 Å². The average Bonchev–Trinajstić information content (AvgIpc) is 2.66. The van der Waals surface area contributed by atoms with Crippen LogP contribution in [0, 0.1) is 6.92 Å². The van der Waals surface area contributed by atoms with E-state index < -0.39 is 10.0 Å².